The molecule has 1 N–H and O–H groups in total. The van der Waals surface area contributed by atoms with Gasteiger partial charge in [0.15, 0.2) is 0 Å². The fraction of sp³-hybridized carbons (Fsp3) is 0.214. The lowest BCUT2D eigenvalue weighted by Crippen LogP contribution is -2.14. The molecule has 0 saturated heterocycles. The highest BCUT2D eigenvalue weighted by Gasteiger charge is 2.05. The Hall–Kier alpha value is -1.94. The van der Waals surface area contributed by atoms with Crippen LogP contribution < -0.4 is 5.32 Å². The Morgan fingerprint density at radius 1 is 1.26 bits per heavy atom. The molecule has 0 aliphatic carbocycles. The third-order valence-corrected chi connectivity index (χ3v) is 2.84. The Labute approximate surface area is 116 Å². The molecule has 4 nitrogen and oxygen atoms in total. The topological polar surface area (TPSA) is 54.9 Å². The van der Waals surface area contributed by atoms with Crippen molar-refractivity contribution in [2.75, 3.05) is 5.32 Å². The molecule has 1 aromatic heterocycles. The van der Waals surface area contributed by atoms with Crippen molar-refractivity contribution in [3.63, 3.8) is 0 Å². The van der Waals surface area contributed by atoms with E-state index >= 15 is 0 Å². The first-order valence-corrected chi connectivity index (χ1v) is 6.35. The number of hydrogen-bond donors (Lipinski definition) is 1. The minimum atomic E-state index is -0.122. The molecule has 2 rings (SSSR count). The number of carbonyl (C=O) groups excluding carboxylic acids is 1. The summed E-state index contributed by atoms with van der Waals surface area (Å²) in [5.74, 6) is 0.115. The molecule has 2 aromatic rings. The predicted molar refractivity (Wildman–Crippen MR) is 75.2 cm³/mol. The largest absolute Gasteiger partial charge is 0.294 e. The number of nitrogens with zero attached hydrogens (tertiary/aromatic N) is 2. The van der Waals surface area contributed by atoms with E-state index in [1.54, 1.807) is 6.07 Å². The van der Waals surface area contributed by atoms with Gasteiger partial charge in [0.1, 0.15) is 5.15 Å². The second-order valence-corrected chi connectivity index (χ2v) is 4.62. The number of anilines is 1. The minimum absolute atomic E-state index is 0.122. The first kappa shape index (κ1) is 13.5. The molecular weight excluding hydrogens is 262 g/mol. The number of amides is 1. The normalized spacial score (nSPS) is 10.2. The van der Waals surface area contributed by atoms with Crippen LogP contribution in [0.2, 0.25) is 5.15 Å². The van der Waals surface area contributed by atoms with Crippen LogP contribution in [-0.2, 0) is 11.2 Å². The zero-order chi connectivity index (χ0) is 13.7. The van der Waals surface area contributed by atoms with E-state index in [1.807, 2.05) is 31.2 Å². The van der Waals surface area contributed by atoms with Gasteiger partial charge in [0.05, 0.1) is 0 Å². The van der Waals surface area contributed by atoms with Crippen LogP contribution in [0.4, 0.5) is 5.95 Å². The fourth-order valence-electron chi connectivity index (χ4n) is 1.60. The van der Waals surface area contributed by atoms with Crippen LogP contribution in [0.5, 0.6) is 0 Å². The average Bonchev–Trinajstić information content (AvgIpc) is 2.38. The molecule has 0 aliphatic heterocycles. The van der Waals surface area contributed by atoms with Crippen molar-refractivity contribution < 1.29 is 4.79 Å². The van der Waals surface area contributed by atoms with Gasteiger partial charge in [-0.25, -0.2) is 9.97 Å². The summed E-state index contributed by atoms with van der Waals surface area (Å²) in [4.78, 5) is 19.6. The summed E-state index contributed by atoms with van der Waals surface area (Å²) in [7, 11) is 0. The van der Waals surface area contributed by atoms with Crippen LogP contribution in [0.15, 0.2) is 36.5 Å². The van der Waals surface area contributed by atoms with E-state index in [-0.39, 0.29) is 11.9 Å². The minimum Gasteiger partial charge on any atom is -0.294 e. The summed E-state index contributed by atoms with van der Waals surface area (Å²) >= 11 is 5.71. The Kier molecular flexibility index (Phi) is 4.47. The van der Waals surface area contributed by atoms with Gasteiger partial charge in [0.25, 0.3) is 0 Å². The van der Waals surface area contributed by atoms with Crippen LogP contribution in [0.3, 0.4) is 0 Å². The fourth-order valence-corrected chi connectivity index (χ4v) is 1.73. The quantitative estimate of drug-likeness (QED) is 0.873. The standard InChI is InChI=1S/C14H14ClN3O/c1-10-2-4-11(5-3-10)6-7-13(19)18-14-16-9-8-12(15)17-14/h2-5,8-9H,6-7H2,1H3,(H,16,17,18,19). The Morgan fingerprint density at radius 3 is 2.68 bits per heavy atom. The molecule has 0 atom stereocenters. The van der Waals surface area contributed by atoms with Crippen molar-refractivity contribution in [3.8, 4) is 0 Å². The highest BCUT2D eigenvalue weighted by Crippen LogP contribution is 2.08. The first-order valence-electron chi connectivity index (χ1n) is 5.97. The molecule has 98 valence electrons. The molecule has 0 saturated carbocycles. The number of benzene rings is 1. The first-order chi connectivity index (χ1) is 9.13. The average molecular weight is 276 g/mol. The van der Waals surface area contributed by atoms with Gasteiger partial charge in [-0.2, -0.15) is 0 Å². The van der Waals surface area contributed by atoms with E-state index < -0.39 is 0 Å². The van der Waals surface area contributed by atoms with E-state index in [0.717, 1.165) is 5.56 Å². The number of aromatic nitrogens is 2. The lowest BCUT2D eigenvalue weighted by molar-refractivity contribution is -0.116. The summed E-state index contributed by atoms with van der Waals surface area (Å²) < 4.78 is 0. The summed E-state index contributed by atoms with van der Waals surface area (Å²) in [6.45, 7) is 2.03. The van der Waals surface area contributed by atoms with Gasteiger partial charge in [-0.3, -0.25) is 10.1 Å². The van der Waals surface area contributed by atoms with Crippen LogP contribution in [-0.4, -0.2) is 15.9 Å². The van der Waals surface area contributed by atoms with Crippen LogP contribution in [0.1, 0.15) is 17.5 Å². The van der Waals surface area contributed by atoms with Gasteiger partial charge in [0.2, 0.25) is 11.9 Å². The molecule has 0 spiro atoms. The number of halogens is 1. The predicted octanol–water partition coefficient (Wildman–Crippen LogP) is 3.01. The number of hydrogen-bond acceptors (Lipinski definition) is 3. The second kappa shape index (κ2) is 6.29. The summed E-state index contributed by atoms with van der Waals surface area (Å²) in [6.07, 6.45) is 2.58. The molecule has 0 fully saturated rings. The van der Waals surface area contributed by atoms with Crippen molar-refractivity contribution in [2.45, 2.75) is 19.8 Å². The van der Waals surface area contributed by atoms with E-state index in [2.05, 4.69) is 15.3 Å². The number of rotatable bonds is 4. The summed E-state index contributed by atoms with van der Waals surface area (Å²) in [5.41, 5.74) is 2.34. The van der Waals surface area contributed by atoms with Gasteiger partial charge >= 0.3 is 0 Å². The summed E-state index contributed by atoms with van der Waals surface area (Å²) in [5, 5.41) is 2.93. The molecule has 1 heterocycles. The van der Waals surface area contributed by atoms with Crippen LogP contribution in [0, 0.1) is 6.92 Å². The summed E-state index contributed by atoms with van der Waals surface area (Å²) in [6, 6.07) is 9.68. The van der Waals surface area contributed by atoms with Gasteiger partial charge in [-0.05, 0) is 25.0 Å². The van der Waals surface area contributed by atoms with Crippen molar-refractivity contribution in [3.05, 3.63) is 52.8 Å². The van der Waals surface area contributed by atoms with Crippen LogP contribution >= 0.6 is 11.6 Å². The van der Waals surface area contributed by atoms with Crippen molar-refractivity contribution in [1.82, 2.24) is 9.97 Å². The van der Waals surface area contributed by atoms with Crippen molar-refractivity contribution >= 4 is 23.5 Å². The van der Waals surface area contributed by atoms with Gasteiger partial charge < -0.3 is 0 Å². The molecule has 1 aromatic carbocycles. The number of nitrogens with one attached hydrogen (secondary N) is 1. The highest BCUT2D eigenvalue weighted by molar-refractivity contribution is 6.29. The maximum Gasteiger partial charge on any atom is 0.230 e. The van der Waals surface area contributed by atoms with Gasteiger partial charge in [0, 0.05) is 12.6 Å². The highest BCUT2D eigenvalue weighted by atomic mass is 35.5. The maximum atomic E-state index is 11.7. The number of aryl methyl sites for hydroxylation is 2. The zero-order valence-corrected chi connectivity index (χ0v) is 11.3. The van der Waals surface area contributed by atoms with Gasteiger partial charge in [-0.1, -0.05) is 41.4 Å². The van der Waals surface area contributed by atoms with Crippen molar-refractivity contribution in [1.29, 1.82) is 0 Å². The van der Waals surface area contributed by atoms with E-state index in [0.29, 0.717) is 18.0 Å². The third kappa shape index (κ3) is 4.34. The van der Waals surface area contributed by atoms with E-state index in [1.165, 1.54) is 11.8 Å². The molecule has 5 heteroatoms. The maximum absolute atomic E-state index is 11.7. The Morgan fingerprint density at radius 2 is 2.00 bits per heavy atom. The monoisotopic (exact) mass is 275 g/mol. The van der Waals surface area contributed by atoms with Crippen molar-refractivity contribution in [2.24, 2.45) is 0 Å². The Balaban J connectivity index is 1.86. The lowest BCUT2D eigenvalue weighted by Gasteiger charge is -2.04. The Bertz CT molecular complexity index is 569. The third-order valence-electron chi connectivity index (χ3n) is 2.63. The molecule has 0 radical (unpaired) electrons. The molecular formula is C14H14ClN3O. The van der Waals surface area contributed by atoms with Crippen LogP contribution in [0.25, 0.3) is 0 Å². The molecule has 1 amide bonds. The SMILES string of the molecule is Cc1ccc(CCC(=O)Nc2nccc(Cl)n2)cc1. The molecule has 0 bridgehead atoms. The number of carbonyl (C=O) groups is 1. The molecule has 19 heavy (non-hydrogen) atoms. The smallest absolute Gasteiger partial charge is 0.230 e. The van der Waals surface area contributed by atoms with E-state index in [4.69, 9.17) is 11.6 Å². The van der Waals surface area contributed by atoms with E-state index in [9.17, 15) is 4.79 Å². The molecule has 0 aliphatic rings. The van der Waals surface area contributed by atoms with Gasteiger partial charge in [-0.15, -0.1) is 0 Å². The zero-order valence-electron chi connectivity index (χ0n) is 10.6. The second-order valence-electron chi connectivity index (χ2n) is 4.24. The lowest BCUT2D eigenvalue weighted by atomic mass is 10.1. The molecule has 0 unspecified atom stereocenters.